The normalized spacial score (nSPS) is 14.3. The van der Waals surface area contributed by atoms with Gasteiger partial charge in [-0.1, -0.05) is 222 Å². The van der Waals surface area contributed by atoms with Gasteiger partial charge in [0.05, 0.1) is 12.0 Å². The Morgan fingerprint density at radius 3 is 1.35 bits per heavy atom. The van der Waals surface area contributed by atoms with E-state index >= 15 is 0 Å². The number of esters is 2. The minimum atomic E-state index is -0.756. The summed E-state index contributed by atoms with van der Waals surface area (Å²) in [5.74, 6) is -0.352. The summed E-state index contributed by atoms with van der Waals surface area (Å²) >= 11 is 0. The van der Waals surface area contributed by atoms with E-state index < -0.39 is 23.5 Å². The molecule has 0 radical (unpaired) electrons. The fourth-order valence-corrected chi connectivity index (χ4v) is 13.4. The molecule has 2 unspecified atom stereocenters. The van der Waals surface area contributed by atoms with Crippen LogP contribution >= 0.6 is 0 Å². The Hall–Kier alpha value is -7.30. The monoisotopic (exact) mass is 1010 g/mol. The highest BCUT2D eigenvalue weighted by atomic mass is 16.5. The lowest BCUT2D eigenvalue weighted by molar-refractivity contribution is -0.147. The number of hydrogen-bond acceptors (Lipinski definition) is 4. The number of carbonyl (C=O) groups excluding carboxylic acids is 2. The number of ether oxygens (including phenoxy) is 2. The molecule has 0 aliphatic heterocycles. The van der Waals surface area contributed by atoms with Crippen molar-refractivity contribution >= 4 is 76.6 Å². The Balaban J connectivity index is 1.14. The van der Waals surface area contributed by atoms with Crippen LogP contribution in [0.15, 0.2) is 159 Å². The maximum absolute atomic E-state index is 14.1. The van der Waals surface area contributed by atoms with E-state index in [9.17, 15) is 9.59 Å². The quantitative estimate of drug-likeness (QED) is 0.0518. The van der Waals surface area contributed by atoms with Crippen LogP contribution in [-0.2, 0) is 35.3 Å². The SMILES string of the molecule is C=CC(=O)OCC(CC)CCCC1(C(CC(CC)CC)OC(=O)C=C)c2cc(-c3ccc4ccc5cc(C(C)(C)C)cc6ccc3c4c56)ccc2-c2ccc(-c3ccc4ccc5cc(C(C)(C)C)cc6ccc3c4c56)cc21. The molecule has 0 heterocycles. The first kappa shape index (κ1) is 51.8. The molecule has 11 rings (SSSR count). The lowest BCUT2D eigenvalue weighted by Crippen LogP contribution is -2.43. The molecule has 0 saturated heterocycles. The van der Waals surface area contributed by atoms with Gasteiger partial charge in [-0.05, 0) is 174 Å². The van der Waals surface area contributed by atoms with Gasteiger partial charge in [0.25, 0.3) is 0 Å². The summed E-state index contributed by atoms with van der Waals surface area (Å²) in [7, 11) is 0. The van der Waals surface area contributed by atoms with Gasteiger partial charge in [-0.2, -0.15) is 0 Å². The van der Waals surface area contributed by atoms with Crippen molar-refractivity contribution < 1.29 is 19.1 Å². The van der Waals surface area contributed by atoms with Crippen molar-refractivity contribution in [2.75, 3.05) is 6.61 Å². The minimum Gasteiger partial charge on any atom is -0.462 e. The van der Waals surface area contributed by atoms with E-state index in [0.717, 1.165) is 43.2 Å². The second kappa shape index (κ2) is 19.9. The summed E-state index contributed by atoms with van der Waals surface area (Å²) in [5.41, 5.74) is 11.3. The molecule has 1 aliphatic carbocycles. The number of benzene rings is 10. The van der Waals surface area contributed by atoms with Crippen LogP contribution in [0.4, 0.5) is 0 Å². The van der Waals surface area contributed by atoms with E-state index in [1.165, 1.54) is 121 Å². The molecule has 0 fully saturated rings. The van der Waals surface area contributed by atoms with Crippen LogP contribution < -0.4 is 0 Å². The van der Waals surface area contributed by atoms with Crippen LogP contribution in [0.2, 0.25) is 0 Å². The third-order valence-electron chi connectivity index (χ3n) is 17.9. The van der Waals surface area contributed by atoms with Gasteiger partial charge < -0.3 is 9.47 Å². The first-order valence-electron chi connectivity index (χ1n) is 28.4. The second-order valence-electron chi connectivity index (χ2n) is 24.4. The summed E-state index contributed by atoms with van der Waals surface area (Å²) in [5, 5.41) is 15.1. The first-order chi connectivity index (χ1) is 37.0. The van der Waals surface area contributed by atoms with Crippen LogP contribution in [0, 0.1) is 11.8 Å². The van der Waals surface area contributed by atoms with Gasteiger partial charge in [-0.25, -0.2) is 9.59 Å². The summed E-state index contributed by atoms with van der Waals surface area (Å²) in [6.07, 6.45) is 7.89. The average Bonchev–Trinajstić information content (AvgIpc) is 3.97. The maximum Gasteiger partial charge on any atom is 0.330 e. The molecule has 10 aromatic carbocycles. The standard InChI is InChI=1S/C73H74O4/c1-12-44(13-2)36-64(77-66(75)16-5)73(35-17-18-45(14-3)43-76-65(74)15-4)62-41-48(56-29-23-46-19-21-50-37-54(71(6,7)8)39-52-27-33-60(56)69(46)67(50)52)25-31-58(62)59-32-26-49(42-63(59)73)57-30-24-47-20-22-51-38-55(72(9,10)11)40-53-28-34-61(57)70(47)68(51)53/h15-16,19-34,37-42,44-45,64H,4-5,12-14,17-18,35-36,43H2,1-3,6-11H3. The molecule has 0 saturated carbocycles. The highest BCUT2D eigenvalue weighted by molar-refractivity contribution is 6.27. The summed E-state index contributed by atoms with van der Waals surface area (Å²) in [6, 6.07) is 51.4. The van der Waals surface area contributed by atoms with Gasteiger partial charge in [0.1, 0.15) is 6.10 Å². The van der Waals surface area contributed by atoms with Crippen LogP contribution in [0.25, 0.3) is 98.0 Å². The molecular formula is C73H74O4. The zero-order valence-electron chi connectivity index (χ0n) is 46.8. The molecule has 77 heavy (non-hydrogen) atoms. The minimum absolute atomic E-state index is 0.0193. The van der Waals surface area contributed by atoms with Crippen LogP contribution in [0.1, 0.15) is 130 Å². The summed E-state index contributed by atoms with van der Waals surface area (Å²) < 4.78 is 12.6. The fraction of sp³-hybridized carbons (Fsp3) is 0.315. The van der Waals surface area contributed by atoms with E-state index in [2.05, 4.69) is 209 Å². The van der Waals surface area contributed by atoms with Crippen LogP contribution in [0.5, 0.6) is 0 Å². The molecule has 0 aromatic heterocycles. The average molecular weight is 1020 g/mol. The lowest BCUT2D eigenvalue weighted by Gasteiger charge is -2.41. The zero-order valence-corrected chi connectivity index (χ0v) is 46.8. The highest BCUT2D eigenvalue weighted by Crippen LogP contribution is 2.58. The Bertz CT molecular complexity index is 3670. The van der Waals surface area contributed by atoms with E-state index in [-0.39, 0.29) is 16.7 Å². The van der Waals surface area contributed by atoms with Crippen molar-refractivity contribution in [3.8, 4) is 33.4 Å². The second-order valence-corrected chi connectivity index (χ2v) is 24.4. The zero-order chi connectivity index (χ0) is 54.1. The molecule has 0 spiro atoms. The fourth-order valence-electron chi connectivity index (χ4n) is 13.4. The number of carbonyl (C=O) groups is 2. The van der Waals surface area contributed by atoms with Gasteiger partial charge in [0, 0.05) is 12.2 Å². The van der Waals surface area contributed by atoms with Gasteiger partial charge in [0.15, 0.2) is 0 Å². The lowest BCUT2D eigenvalue weighted by atomic mass is 9.66. The van der Waals surface area contributed by atoms with Crippen molar-refractivity contribution in [2.45, 2.75) is 130 Å². The van der Waals surface area contributed by atoms with E-state index in [4.69, 9.17) is 9.47 Å². The third-order valence-corrected chi connectivity index (χ3v) is 17.9. The van der Waals surface area contributed by atoms with Crippen molar-refractivity contribution in [2.24, 2.45) is 11.8 Å². The van der Waals surface area contributed by atoms with E-state index in [1.54, 1.807) is 0 Å². The topological polar surface area (TPSA) is 52.6 Å². The molecule has 390 valence electrons. The highest BCUT2D eigenvalue weighted by Gasteiger charge is 2.51. The maximum atomic E-state index is 14.1. The number of rotatable bonds is 17. The Labute approximate surface area is 455 Å². The van der Waals surface area contributed by atoms with Crippen molar-refractivity contribution in [1.82, 2.24) is 0 Å². The smallest absolute Gasteiger partial charge is 0.330 e. The molecule has 1 aliphatic rings. The molecule has 4 nitrogen and oxygen atoms in total. The Morgan fingerprint density at radius 1 is 0.506 bits per heavy atom. The van der Waals surface area contributed by atoms with E-state index in [1.807, 2.05) is 0 Å². The van der Waals surface area contributed by atoms with Gasteiger partial charge in [-0.3, -0.25) is 0 Å². The van der Waals surface area contributed by atoms with Crippen LogP contribution in [-0.4, -0.2) is 24.6 Å². The molecule has 10 aromatic rings. The van der Waals surface area contributed by atoms with Crippen LogP contribution in [0.3, 0.4) is 0 Å². The predicted molar refractivity (Wildman–Crippen MR) is 326 cm³/mol. The molecule has 0 bridgehead atoms. The van der Waals surface area contributed by atoms with E-state index in [0.29, 0.717) is 25.4 Å². The number of hydrogen-bond donors (Lipinski definition) is 0. The molecule has 2 atom stereocenters. The Morgan fingerprint density at radius 2 is 0.922 bits per heavy atom. The predicted octanol–water partition coefficient (Wildman–Crippen LogP) is 19.5. The van der Waals surface area contributed by atoms with Gasteiger partial charge in [-0.15, -0.1) is 0 Å². The molecule has 4 heteroatoms. The van der Waals surface area contributed by atoms with Gasteiger partial charge in [0.2, 0.25) is 0 Å². The molecule has 0 amide bonds. The van der Waals surface area contributed by atoms with Gasteiger partial charge >= 0.3 is 11.9 Å². The van der Waals surface area contributed by atoms with Crippen molar-refractivity contribution in [3.05, 3.63) is 181 Å². The van der Waals surface area contributed by atoms with Crippen molar-refractivity contribution in [3.63, 3.8) is 0 Å². The molecule has 0 N–H and O–H groups in total. The Kier molecular flexibility index (Phi) is 13.4. The summed E-state index contributed by atoms with van der Waals surface area (Å²) in [4.78, 5) is 26.4. The third kappa shape index (κ3) is 8.96. The van der Waals surface area contributed by atoms with Crippen molar-refractivity contribution in [1.29, 1.82) is 0 Å². The molecular weight excluding hydrogens is 941 g/mol. The first-order valence-corrected chi connectivity index (χ1v) is 28.4. The number of fused-ring (bicyclic) bond motifs is 3. The largest absolute Gasteiger partial charge is 0.462 e. The summed E-state index contributed by atoms with van der Waals surface area (Å²) in [6.45, 7) is 28.3.